The molecule has 2 aliphatic heterocycles. The predicted octanol–water partition coefficient (Wildman–Crippen LogP) is 5.60. The molecule has 0 saturated carbocycles. The highest BCUT2D eigenvalue weighted by molar-refractivity contribution is 9.14. The molecule has 0 aliphatic carbocycles. The number of nitrogens with one attached hydrogen (secondary N) is 5. The number of imide groups is 1. The molecule has 2 aromatic heterocycles. The van der Waals surface area contributed by atoms with E-state index in [9.17, 15) is 24.0 Å². The number of carbonyl (C=O) groups is 5. The van der Waals surface area contributed by atoms with Gasteiger partial charge < -0.3 is 39.4 Å². The topological polar surface area (TPSA) is 232 Å². The number of halogens is 2. The number of nitrogens with zero attached hydrogens (tertiary/aromatic N) is 5. The number of anilines is 1. The van der Waals surface area contributed by atoms with Gasteiger partial charge in [-0.2, -0.15) is 10.2 Å². The summed E-state index contributed by atoms with van der Waals surface area (Å²) < 4.78 is 24.1. The predicted molar refractivity (Wildman–Crippen MR) is 268 cm³/mol. The third-order valence-corrected chi connectivity index (χ3v) is 14.1. The molecule has 21 heteroatoms. The molecular formula is C49H59Br2N10O9+. The maximum Gasteiger partial charge on any atom is 0.269 e. The lowest BCUT2D eigenvalue weighted by Gasteiger charge is -2.41. The minimum absolute atomic E-state index is 0.0345. The Hall–Kier alpha value is -5.84. The molecule has 0 bridgehead atoms. The normalized spacial score (nSPS) is 15.2. The SMILES string of the molecule is CC(C)C(NC(=O)CCOCCOCCOCCN1C(=O)C(Br)=C(Br)C1=O)C(=O)NCC(=O)Nc1ccc(C[N+]2(CCOc3cccc(-c4n[nH]c5ccc(-c6ncn[nH]6)cc45)c3)CCCCC2)cc1. The number of fused-ring (bicyclic) bond motifs is 1. The van der Waals surface area contributed by atoms with Crippen molar-refractivity contribution in [1.82, 2.24) is 40.9 Å². The van der Waals surface area contributed by atoms with Crippen LogP contribution in [-0.2, 0) is 44.7 Å². The van der Waals surface area contributed by atoms with Gasteiger partial charge in [0.15, 0.2) is 5.82 Å². The van der Waals surface area contributed by atoms with Crippen LogP contribution in [0.15, 0.2) is 82.0 Å². The fourth-order valence-corrected chi connectivity index (χ4v) is 9.15. The molecule has 1 unspecified atom stereocenters. The lowest BCUT2D eigenvalue weighted by molar-refractivity contribution is -0.945. The molecule has 19 nitrogen and oxygen atoms in total. The van der Waals surface area contributed by atoms with Crippen LogP contribution in [-0.4, -0.2) is 149 Å². The first-order valence-electron chi connectivity index (χ1n) is 23.4. The van der Waals surface area contributed by atoms with Gasteiger partial charge in [-0.25, -0.2) is 4.98 Å². The summed E-state index contributed by atoms with van der Waals surface area (Å²) in [6.07, 6.45) is 5.04. The van der Waals surface area contributed by atoms with Gasteiger partial charge >= 0.3 is 0 Å². The maximum atomic E-state index is 13.1. The van der Waals surface area contributed by atoms with Crippen molar-refractivity contribution in [3.8, 4) is 28.4 Å². The van der Waals surface area contributed by atoms with Crippen molar-refractivity contribution >= 4 is 78.0 Å². The van der Waals surface area contributed by atoms with Crippen LogP contribution in [0.3, 0.4) is 0 Å². The van der Waals surface area contributed by atoms with Crippen LogP contribution in [0.25, 0.3) is 33.5 Å². The minimum atomic E-state index is -0.840. The van der Waals surface area contributed by atoms with E-state index in [0.717, 1.165) is 87.4 Å². The van der Waals surface area contributed by atoms with Gasteiger partial charge in [0, 0.05) is 34.2 Å². The van der Waals surface area contributed by atoms with Crippen molar-refractivity contribution in [2.45, 2.75) is 52.1 Å². The van der Waals surface area contributed by atoms with Gasteiger partial charge in [-0.3, -0.25) is 39.1 Å². The molecule has 7 rings (SSSR count). The third kappa shape index (κ3) is 14.2. The van der Waals surface area contributed by atoms with E-state index in [1.165, 1.54) is 12.7 Å². The summed E-state index contributed by atoms with van der Waals surface area (Å²) in [6.45, 7) is 9.22. The summed E-state index contributed by atoms with van der Waals surface area (Å²) in [5, 5.41) is 23.9. The van der Waals surface area contributed by atoms with Gasteiger partial charge in [0.05, 0.1) is 71.3 Å². The largest absolute Gasteiger partial charge is 0.488 e. The number of likely N-dealkylation sites (tertiary alicyclic amines) is 1. The van der Waals surface area contributed by atoms with E-state index < -0.39 is 23.8 Å². The standard InChI is InChI=1S/C49H58Br2N10O9/c1-32(2)44(56-40(62)15-20-67-23-25-69-26-24-68-21-16-60-48(65)42(50)43(51)49(60)66)47(64)52-29-41(63)55-36-12-9-33(10-13-36)30-61(17-4-3-5-18-61)19-22-70-37-8-6-7-34(27-37)45-38-28-35(46-53-31-54-59-46)11-14-39(38)57-58-45/h6-14,27-28,31-32,44H,3-5,15-26,29-30H2,1-2H3,(H4-,52,53,54,55,56,57,58,59,62,63,64,65,66)/p+1. The summed E-state index contributed by atoms with van der Waals surface area (Å²) in [5.41, 5.74) is 5.41. The van der Waals surface area contributed by atoms with Gasteiger partial charge in [-0.05, 0) is 99.5 Å². The van der Waals surface area contributed by atoms with E-state index in [0.29, 0.717) is 18.1 Å². The smallest absolute Gasteiger partial charge is 0.269 e. The van der Waals surface area contributed by atoms with Gasteiger partial charge in [-0.1, -0.05) is 38.1 Å². The van der Waals surface area contributed by atoms with Crippen molar-refractivity contribution < 1.29 is 47.4 Å². The number of ether oxygens (including phenoxy) is 4. The van der Waals surface area contributed by atoms with Crippen molar-refractivity contribution in [1.29, 1.82) is 0 Å². The van der Waals surface area contributed by atoms with E-state index in [1.54, 1.807) is 0 Å². The number of aromatic nitrogens is 5. The summed E-state index contributed by atoms with van der Waals surface area (Å²) in [5.74, 6) is -0.786. The zero-order valence-corrected chi connectivity index (χ0v) is 42.4. The lowest BCUT2D eigenvalue weighted by Crippen LogP contribution is -2.52. The van der Waals surface area contributed by atoms with Crippen LogP contribution >= 0.6 is 31.9 Å². The van der Waals surface area contributed by atoms with Gasteiger partial charge in [0.2, 0.25) is 17.7 Å². The highest BCUT2D eigenvalue weighted by Crippen LogP contribution is 2.32. The fraction of sp³-hybridized carbons (Fsp3) is 0.429. The van der Waals surface area contributed by atoms with E-state index in [2.05, 4.69) is 79.3 Å². The number of rotatable bonds is 26. The lowest BCUT2D eigenvalue weighted by atomic mass is 10.0. The number of piperidine rings is 1. The molecule has 5 amide bonds. The summed E-state index contributed by atoms with van der Waals surface area (Å²) in [4.78, 5) is 68.1. The second-order valence-corrected chi connectivity index (χ2v) is 19.1. The first-order chi connectivity index (χ1) is 33.9. The average molecular weight is 1090 g/mol. The number of benzene rings is 3. The minimum Gasteiger partial charge on any atom is -0.488 e. The van der Waals surface area contributed by atoms with E-state index in [4.69, 9.17) is 18.9 Å². The molecule has 70 heavy (non-hydrogen) atoms. The quantitative estimate of drug-likeness (QED) is 0.0259. The Kier molecular flexibility index (Phi) is 18.8. The Bertz CT molecular complexity index is 2590. The second kappa shape index (κ2) is 25.3. The molecule has 5 aromatic rings. The summed E-state index contributed by atoms with van der Waals surface area (Å²) in [6, 6.07) is 21.1. The fourth-order valence-electron chi connectivity index (χ4n) is 8.39. The van der Waals surface area contributed by atoms with E-state index in [1.807, 2.05) is 74.5 Å². The molecule has 1 atom stereocenters. The Labute approximate surface area is 422 Å². The monoisotopic (exact) mass is 1090 g/mol. The molecule has 0 spiro atoms. The molecule has 1 fully saturated rings. The molecule has 372 valence electrons. The molecule has 3 aromatic carbocycles. The second-order valence-electron chi connectivity index (χ2n) is 17.5. The third-order valence-electron chi connectivity index (χ3n) is 12.1. The van der Waals surface area contributed by atoms with Crippen LogP contribution < -0.4 is 20.7 Å². The number of quaternary nitrogens is 1. The van der Waals surface area contributed by atoms with Crippen LogP contribution in [0.5, 0.6) is 5.75 Å². The van der Waals surface area contributed by atoms with Crippen LogP contribution in [0, 0.1) is 5.92 Å². The Balaban J connectivity index is 0.785. The number of aromatic amines is 2. The van der Waals surface area contributed by atoms with Crippen LogP contribution in [0.4, 0.5) is 5.69 Å². The Morgan fingerprint density at radius 1 is 0.800 bits per heavy atom. The van der Waals surface area contributed by atoms with Crippen molar-refractivity contribution in [2.75, 3.05) is 84.3 Å². The van der Waals surface area contributed by atoms with Gasteiger partial charge in [0.25, 0.3) is 11.8 Å². The Morgan fingerprint density at radius 3 is 2.21 bits per heavy atom. The molecule has 1 saturated heterocycles. The number of amides is 5. The zero-order valence-electron chi connectivity index (χ0n) is 39.3. The van der Waals surface area contributed by atoms with Crippen LogP contribution in [0.1, 0.15) is 45.1 Å². The van der Waals surface area contributed by atoms with Gasteiger partial charge in [0.1, 0.15) is 52.5 Å². The van der Waals surface area contributed by atoms with Crippen molar-refractivity contribution in [3.05, 3.63) is 87.6 Å². The molecule has 4 heterocycles. The highest BCUT2D eigenvalue weighted by atomic mass is 79.9. The number of hydrogen-bond donors (Lipinski definition) is 5. The molecular weight excluding hydrogens is 1030 g/mol. The maximum absolute atomic E-state index is 13.1. The van der Waals surface area contributed by atoms with Crippen LogP contribution in [0.2, 0.25) is 0 Å². The zero-order chi connectivity index (χ0) is 49.5. The Morgan fingerprint density at radius 2 is 1.51 bits per heavy atom. The number of H-pyrrole nitrogens is 2. The first-order valence-corrected chi connectivity index (χ1v) is 25.0. The van der Waals surface area contributed by atoms with E-state index >= 15 is 0 Å². The summed E-state index contributed by atoms with van der Waals surface area (Å²) >= 11 is 6.17. The van der Waals surface area contributed by atoms with E-state index in [-0.39, 0.29) is 85.8 Å². The van der Waals surface area contributed by atoms with Gasteiger partial charge in [-0.15, -0.1) is 0 Å². The summed E-state index contributed by atoms with van der Waals surface area (Å²) in [7, 11) is 0. The van der Waals surface area contributed by atoms with Crippen molar-refractivity contribution in [2.24, 2.45) is 5.92 Å². The molecule has 2 aliphatic rings. The number of carbonyl (C=O) groups excluding carboxylic acids is 5. The molecule has 5 N–H and O–H groups in total. The molecule has 0 radical (unpaired) electrons. The van der Waals surface area contributed by atoms with Crippen molar-refractivity contribution in [3.63, 3.8) is 0 Å². The average Bonchev–Trinajstić information content (AvgIpc) is 4.10. The first kappa shape index (κ1) is 52.0. The number of hydrogen-bond acceptors (Lipinski definition) is 12. The highest BCUT2D eigenvalue weighted by Gasteiger charge is 2.35.